The third kappa shape index (κ3) is 2.53. The van der Waals surface area contributed by atoms with Crippen molar-refractivity contribution in [3.63, 3.8) is 0 Å². The lowest BCUT2D eigenvalue weighted by Crippen LogP contribution is -2.21. The van der Waals surface area contributed by atoms with E-state index in [1.54, 1.807) is 24.3 Å². The summed E-state index contributed by atoms with van der Waals surface area (Å²) in [5, 5.41) is 10.6. The molecule has 0 N–H and O–H groups in total. The van der Waals surface area contributed by atoms with Crippen molar-refractivity contribution in [1.82, 2.24) is 0 Å². The number of aromatic carboxylic acids is 1. The predicted molar refractivity (Wildman–Crippen MR) is 65.7 cm³/mol. The molecule has 0 heterocycles. The Morgan fingerprint density at radius 2 is 1.41 bits per heavy atom. The van der Waals surface area contributed by atoms with Gasteiger partial charge in [-0.25, -0.2) is 0 Å². The Morgan fingerprint density at radius 1 is 0.882 bits per heavy atom. The van der Waals surface area contributed by atoms with Gasteiger partial charge in [0.15, 0.2) is 0 Å². The van der Waals surface area contributed by atoms with Gasteiger partial charge in [-0.2, -0.15) is 0 Å². The summed E-state index contributed by atoms with van der Waals surface area (Å²) >= 11 is 0. The summed E-state index contributed by atoms with van der Waals surface area (Å²) in [4.78, 5) is 10.6. The maximum atomic E-state index is 10.6. The summed E-state index contributed by atoms with van der Waals surface area (Å²) in [6.07, 6.45) is 0. The molecule has 0 radical (unpaired) electrons. The maximum Gasteiger partial charge on any atom is 0.0715 e. The van der Waals surface area contributed by atoms with Crippen molar-refractivity contribution in [3.8, 4) is 11.1 Å². The lowest BCUT2D eigenvalue weighted by atomic mass is 10.00. The Bertz CT molecular complexity index is 533. The van der Waals surface area contributed by atoms with E-state index in [1.165, 1.54) is 11.1 Å². The number of aryl methyl sites for hydroxylation is 2. The van der Waals surface area contributed by atoms with Crippen LogP contribution in [0.3, 0.4) is 0 Å². The smallest absolute Gasteiger partial charge is 0.0715 e. The quantitative estimate of drug-likeness (QED) is 0.787. The molecule has 2 nitrogen and oxygen atoms in total. The van der Waals surface area contributed by atoms with Crippen LogP contribution in [0.1, 0.15) is 21.5 Å². The van der Waals surface area contributed by atoms with Gasteiger partial charge in [-0.3, -0.25) is 0 Å². The highest BCUT2D eigenvalue weighted by atomic mass is 16.4. The number of carboxylic acids is 1. The van der Waals surface area contributed by atoms with Gasteiger partial charge in [0.2, 0.25) is 0 Å². The molecule has 0 aromatic heterocycles. The van der Waals surface area contributed by atoms with Crippen molar-refractivity contribution >= 4 is 5.97 Å². The first kappa shape index (κ1) is 11.4. The van der Waals surface area contributed by atoms with Gasteiger partial charge in [0.1, 0.15) is 0 Å². The van der Waals surface area contributed by atoms with E-state index in [0.29, 0.717) is 0 Å². The van der Waals surface area contributed by atoms with Crippen molar-refractivity contribution < 1.29 is 9.90 Å². The van der Waals surface area contributed by atoms with Gasteiger partial charge in [0, 0.05) is 0 Å². The Morgan fingerprint density at radius 3 is 1.88 bits per heavy atom. The van der Waals surface area contributed by atoms with Crippen LogP contribution in [0.4, 0.5) is 0 Å². The highest BCUT2D eigenvalue weighted by molar-refractivity contribution is 5.86. The number of hydrogen-bond donors (Lipinski definition) is 0. The van der Waals surface area contributed by atoms with E-state index in [0.717, 1.165) is 11.1 Å². The molecule has 0 aliphatic heterocycles. The van der Waals surface area contributed by atoms with Crippen molar-refractivity contribution in [1.29, 1.82) is 0 Å². The summed E-state index contributed by atoms with van der Waals surface area (Å²) in [5.74, 6) is -1.14. The normalized spacial score (nSPS) is 10.2. The third-order valence-corrected chi connectivity index (χ3v) is 2.68. The Balaban J connectivity index is 2.43. The molecular formula is C15H13O2-. The van der Waals surface area contributed by atoms with E-state index in [1.807, 2.05) is 13.8 Å². The van der Waals surface area contributed by atoms with Gasteiger partial charge in [-0.15, -0.1) is 0 Å². The molecule has 2 heteroatoms. The number of carbonyl (C=O) groups is 1. The minimum absolute atomic E-state index is 0.207. The van der Waals surface area contributed by atoms with E-state index in [4.69, 9.17) is 0 Å². The monoisotopic (exact) mass is 225 g/mol. The first-order chi connectivity index (χ1) is 8.06. The Kier molecular flexibility index (Phi) is 2.96. The van der Waals surface area contributed by atoms with E-state index < -0.39 is 5.97 Å². The van der Waals surface area contributed by atoms with Gasteiger partial charge in [-0.1, -0.05) is 53.6 Å². The van der Waals surface area contributed by atoms with Gasteiger partial charge in [0.25, 0.3) is 0 Å². The fourth-order valence-electron chi connectivity index (χ4n) is 1.94. The van der Waals surface area contributed by atoms with Crippen LogP contribution < -0.4 is 5.11 Å². The molecule has 0 unspecified atom stereocenters. The summed E-state index contributed by atoms with van der Waals surface area (Å²) in [6.45, 7) is 4.10. The Labute approximate surface area is 101 Å². The average molecular weight is 225 g/mol. The van der Waals surface area contributed by atoms with Crippen LogP contribution in [0.15, 0.2) is 42.5 Å². The van der Waals surface area contributed by atoms with E-state index in [-0.39, 0.29) is 5.56 Å². The van der Waals surface area contributed by atoms with Gasteiger partial charge in [-0.05, 0) is 30.5 Å². The first-order valence-corrected chi connectivity index (χ1v) is 5.46. The number of carbonyl (C=O) groups excluding carboxylic acids is 1. The largest absolute Gasteiger partial charge is 0.545 e. The molecule has 0 aliphatic rings. The van der Waals surface area contributed by atoms with Crippen molar-refractivity contribution in [2.75, 3.05) is 0 Å². The molecule has 0 bridgehead atoms. The molecule has 0 fully saturated rings. The molecule has 2 rings (SSSR count). The number of hydrogen-bond acceptors (Lipinski definition) is 2. The second-order valence-corrected chi connectivity index (χ2v) is 4.24. The van der Waals surface area contributed by atoms with Crippen molar-refractivity contribution in [3.05, 3.63) is 59.2 Å². The minimum Gasteiger partial charge on any atom is -0.545 e. The summed E-state index contributed by atoms with van der Waals surface area (Å²) in [5.41, 5.74) is 4.72. The fraction of sp³-hybridized carbons (Fsp3) is 0.133. The Hall–Kier alpha value is -2.09. The van der Waals surface area contributed by atoms with E-state index >= 15 is 0 Å². The molecule has 0 atom stereocenters. The SMILES string of the molecule is Cc1cc(C)cc(-c2ccc(C(=O)[O-])cc2)c1. The molecule has 0 saturated heterocycles. The average Bonchev–Trinajstić information content (AvgIpc) is 2.28. The van der Waals surface area contributed by atoms with Crippen LogP contribution in [0.5, 0.6) is 0 Å². The minimum atomic E-state index is -1.14. The third-order valence-electron chi connectivity index (χ3n) is 2.68. The van der Waals surface area contributed by atoms with E-state index in [9.17, 15) is 9.90 Å². The molecule has 17 heavy (non-hydrogen) atoms. The van der Waals surface area contributed by atoms with Crippen LogP contribution in [-0.2, 0) is 0 Å². The second-order valence-electron chi connectivity index (χ2n) is 4.24. The summed E-state index contributed by atoms with van der Waals surface area (Å²) < 4.78 is 0. The maximum absolute atomic E-state index is 10.6. The van der Waals surface area contributed by atoms with Gasteiger partial charge >= 0.3 is 0 Å². The number of rotatable bonds is 2. The van der Waals surface area contributed by atoms with Crippen LogP contribution in [0.2, 0.25) is 0 Å². The molecule has 2 aromatic carbocycles. The number of carboxylic acid groups (broad SMARTS) is 1. The molecule has 0 spiro atoms. The van der Waals surface area contributed by atoms with E-state index in [2.05, 4.69) is 18.2 Å². The molecular weight excluding hydrogens is 212 g/mol. The van der Waals surface area contributed by atoms with Gasteiger partial charge < -0.3 is 9.90 Å². The fourth-order valence-corrected chi connectivity index (χ4v) is 1.94. The lowest BCUT2D eigenvalue weighted by Gasteiger charge is -2.07. The molecule has 0 saturated carbocycles. The second kappa shape index (κ2) is 4.42. The lowest BCUT2D eigenvalue weighted by molar-refractivity contribution is -0.255. The van der Waals surface area contributed by atoms with Crippen molar-refractivity contribution in [2.45, 2.75) is 13.8 Å². The van der Waals surface area contributed by atoms with Crippen molar-refractivity contribution in [2.24, 2.45) is 0 Å². The highest BCUT2D eigenvalue weighted by Gasteiger charge is 2.00. The number of benzene rings is 2. The van der Waals surface area contributed by atoms with Crippen LogP contribution in [-0.4, -0.2) is 5.97 Å². The topological polar surface area (TPSA) is 40.1 Å². The first-order valence-electron chi connectivity index (χ1n) is 5.46. The van der Waals surface area contributed by atoms with Crippen LogP contribution in [0.25, 0.3) is 11.1 Å². The molecule has 2 aromatic rings. The standard InChI is InChI=1S/C15H14O2/c1-10-7-11(2)9-14(8-10)12-3-5-13(6-4-12)15(16)17/h3-9H,1-2H3,(H,16,17)/p-1. The summed E-state index contributed by atoms with van der Waals surface area (Å²) in [7, 11) is 0. The zero-order chi connectivity index (χ0) is 12.4. The van der Waals surface area contributed by atoms with Gasteiger partial charge in [0.05, 0.1) is 5.97 Å². The molecule has 0 aliphatic carbocycles. The molecule has 86 valence electrons. The zero-order valence-electron chi connectivity index (χ0n) is 9.86. The highest BCUT2D eigenvalue weighted by Crippen LogP contribution is 2.22. The summed E-state index contributed by atoms with van der Waals surface area (Å²) in [6, 6.07) is 13.0. The zero-order valence-corrected chi connectivity index (χ0v) is 9.86. The molecule has 0 amide bonds. The van der Waals surface area contributed by atoms with Crippen LogP contribution in [0, 0.1) is 13.8 Å². The predicted octanol–water partition coefficient (Wildman–Crippen LogP) is 2.33. The van der Waals surface area contributed by atoms with Crippen LogP contribution >= 0.6 is 0 Å².